The maximum atomic E-state index is 12.1. The van der Waals surface area contributed by atoms with Crippen LogP contribution in [0, 0.1) is 12.3 Å². The molecule has 0 aromatic carbocycles. The minimum atomic E-state index is -0.905. The molecule has 18 heavy (non-hydrogen) atoms. The lowest BCUT2D eigenvalue weighted by Crippen LogP contribution is -2.45. The number of carbonyl (C=O) groups excluding carboxylic acids is 1. The number of carboxylic acids is 1. The summed E-state index contributed by atoms with van der Waals surface area (Å²) >= 11 is 1.37. The van der Waals surface area contributed by atoms with Gasteiger partial charge in [-0.25, -0.2) is 0 Å². The van der Waals surface area contributed by atoms with E-state index in [1.54, 1.807) is 0 Å². The Morgan fingerprint density at radius 2 is 2.06 bits per heavy atom. The Hall–Kier alpha value is -1.36. The van der Waals surface area contributed by atoms with Crippen LogP contribution < -0.4 is 5.32 Å². The van der Waals surface area contributed by atoms with Gasteiger partial charge in [0.05, 0.1) is 11.3 Å². The van der Waals surface area contributed by atoms with Crippen molar-refractivity contribution in [2.45, 2.75) is 40.2 Å². The van der Waals surface area contributed by atoms with Gasteiger partial charge in [0.25, 0.3) is 5.91 Å². The molecule has 5 heteroatoms. The minimum absolute atomic E-state index is 0.0698. The average Bonchev–Trinajstić information content (AvgIpc) is 2.61. The first-order chi connectivity index (χ1) is 8.21. The van der Waals surface area contributed by atoms with E-state index in [1.807, 2.05) is 39.1 Å². The van der Waals surface area contributed by atoms with Crippen LogP contribution in [0.3, 0.4) is 0 Å². The molecule has 1 aromatic rings. The van der Waals surface area contributed by atoms with E-state index in [1.165, 1.54) is 11.3 Å². The number of amides is 1. The predicted octanol–water partition coefficient (Wildman–Crippen LogP) is 2.68. The fourth-order valence-corrected chi connectivity index (χ4v) is 2.41. The van der Waals surface area contributed by atoms with Crippen molar-refractivity contribution in [2.24, 2.45) is 5.41 Å². The van der Waals surface area contributed by atoms with E-state index in [4.69, 9.17) is 5.11 Å². The average molecular weight is 269 g/mol. The predicted molar refractivity (Wildman–Crippen MR) is 72.0 cm³/mol. The van der Waals surface area contributed by atoms with Crippen molar-refractivity contribution in [3.8, 4) is 0 Å². The molecule has 0 aliphatic heterocycles. The van der Waals surface area contributed by atoms with Gasteiger partial charge in [-0.2, -0.15) is 0 Å². The van der Waals surface area contributed by atoms with Crippen LogP contribution >= 0.6 is 11.3 Å². The molecular formula is C13H19NO3S. The van der Waals surface area contributed by atoms with Crippen molar-refractivity contribution >= 4 is 23.2 Å². The fourth-order valence-electron chi connectivity index (χ4n) is 1.58. The van der Waals surface area contributed by atoms with Gasteiger partial charge in [0.1, 0.15) is 0 Å². The molecule has 0 spiro atoms. The summed E-state index contributed by atoms with van der Waals surface area (Å²) in [4.78, 5) is 23.6. The molecule has 4 nitrogen and oxygen atoms in total. The fraction of sp³-hybridized carbons (Fsp3) is 0.538. The zero-order valence-electron chi connectivity index (χ0n) is 11.1. The van der Waals surface area contributed by atoms with Crippen LogP contribution in [-0.4, -0.2) is 23.0 Å². The highest BCUT2D eigenvalue weighted by Gasteiger charge is 2.29. The Labute approximate surface area is 111 Å². The van der Waals surface area contributed by atoms with Crippen molar-refractivity contribution in [2.75, 3.05) is 0 Å². The SMILES string of the molecule is Cc1ccsc1C(=O)NC(CC(=O)O)C(C)(C)C. The first-order valence-electron chi connectivity index (χ1n) is 5.78. The molecule has 1 heterocycles. The van der Waals surface area contributed by atoms with Gasteiger partial charge in [-0.05, 0) is 29.3 Å². The summed E-state index contributed by atoms with van der Waals surface area (Å²) < 4.78 is 0. The van der Waals surface area contributed by atoms with Crippen LogP contribution in [0.2, 0.25) is 0 Å². The van der Waals surface area contributed by atoms with Crippen LogP contribution in [0.1, 0.15) is 42.4 Å². The molecule has 1 unspecified atom stereocenters. The number of rotatable bonds is 4. The van der Waals surface area contributed by atoms with Crippen molar-refractivity contribution in [3.63, 3.8) is 0 Å². The zero-order valence-corrected chi connectivity index (χ0v) is 11.9. The quantitative estimate of drug-likeness (QED) is 0.883. The third-order valence-corrected chi connectivity index (χ3v) is 3.81. The first-order valence-corrected chi connectivity index (χ1v) is 6.66. The first kappa shape index (κ1) is 14.7. The molecule has 0 saturated heterocycles. The summed E-state index contributed by atoms with van der Waals surface area (Å²) in [5.74, 6) is -1.10. The van der Waals surface area contributed by atoms with Gasteiger partial charge in [-0.3, -0.25) is 9.59 Å². The number of aliphatic carboxylic acids is 1. The summed E-state index contributed by atoms with van der Waals surface area (Å²) in [6.45, 7) is 7.63. The van der Waals surface area contributed by atoms with Gasteiger partial charge in [-0.15, -0.1) is 11.3 Å². The van der Waals surface area contributed by atoms with E-state index >= 15 is 0 Å². The zero-order chi connectivity index (χ0) is 13.9. The smallest absolute Gasteiger partial charge is 0.305 e. The molecule has 0 saturated carbocycles. The molecule has 1 amide bonds. The Bertz CT molecular complexity index is 445. The van der Waals surface area contributed by atoms with E-state index in [2.05, 4.69) is 5.32 Å². The van der Waals surface area contributed by atoms with Crippen molar-refractivity contribution in [3.05, 3.63) is 21.9 Å². The van der Waals surface area contributed by atoms with Gasteiger partial charge >= 0.3 is 5.97 Å². The van der Waals surface area contributed by atoms with Crippen LogP contribution in [0.15, 0.2) is 11.4 Å². The summed E-state index contributed by atoms with van der Waals surface area (Å²) in [6.07, 6.45) is -0.0698. The number of thiophene rings is 1. The number of hydrogen-bond donors (Lipinski definition) is 2. The highest BCUT2D eigenvalue weighted by Crippen LogP contribution is 2.23. The largest absolute Gasteiger partial charge is 0.481 e. The van der Waals surface area contributed by atoms with Crippen LogP contribution in [0.25, 0.3) is 0 Å². The van der Waals surface area contributed by atoms with Gasteiger partial charge in [0.15, 0.2) is 0 Å². The van der Waals surface area contributed by atoms with Gasteiger partial charge in [0.2, 0.25) is 0 Å². The monoisotopic (exact) mass is 269 g/mol. The second-order valence-electron chi connectivity index (χ2n) is 5.42. The van der Waals surface area contributed by atoms with Crippen molar-refractivity contribution in [1.82, 2.24) is 5.32 Å². The number of aryl methyl sites for hydroxylation is 1. The highest BCUT2D eigenvalue weighted by molar-refractivity contribution is 7.12. The van der Waals surface area contributed by atoms with Gasteiger partial charge < -0.3 is 10.4 Å². The Morgan fingerprint density at radius 3 is 2.44 bits per heavy atom. The third-order valence-electron chi connectivity index (χ3n) is 2.80. The maximum absolute atomic E-state index is 12.1. The molecule has 1 atom stereocenters. The lowest BCUT2D eigenvalue weighted by molar-refractivity contribution is -0.138. The molecule has 0 fully saturated rings. The minimum Gasteiger partial charge on any atom is -0.481 e. The Kier molecular flexibility index (Phi) is 4.51. The maximum Gasteiger partial charge on any atom is 0.305 e. The molecule has 0 radical (unpaired) electrons. The summed E-state index contributed by atoms with van der Waals surface area (Å²) in [5, 5.41) is 13.6. The molecule has 1 rings (SSSR count). The van der Waals surface area contributed by atoms with Crippen LogP contribution in [-0.2, 0) is 4.79 Å². The second kappa shape index (κ2) is 5.52. The topological polar surface area (TPSA) is 66.4 Å². The second-order valence-corrected chi connectivity index (χ2v) is 6.34. The number of hydrogen-bond acceptors (Lipinski definition) is 3. The highest BCUT2D eigenvalue weighted by atomic mass is 32.1. The van der Waals surface area contributed by atoms with Crippen LogP contribution in [0.5, 0.6) is 0 Å². The Balaban J connectivity index is 2.82. The Morgan fingerprint density at radius 1 is 1.44 bits per heavy atom. The van der Waals surface area contributed by atoms with E-state index in [-0.39, 0.29) is 23.8 Å². The number of nitrogens with one attached hydrogen (secondary N) is 1. The summed E-state index contributed by atoms with van der Waals surface area (Å²) in [7, 11) is 0. The number of carboxylic acid groups (broad SMARTS) is 1. The number of carbonyl (C=O) groups is 2. The van der Waals surface area contributed by atoms with E-state index in [0.717, 1.165) is 5.56 Å². The molecule has 0 bridgehead atoms. The van der Waals surface area contributed by atoms with Crippen molar-refractivity contribution < 1.29 is 14.7 Å². The third kappa shape index (κ3) is 3.84. The lowest BCUT2D eigenvalue weighted by atomic mass is 9.84. The van der Waals surface area contributed by atoms with Gasteiger partial charge in [-0.1, -0.05) is 20.8 Å². The van der Waals surface area contributed by atoms with Gasteiger partial charge in [0, 0.05) is 6.04 Å². The summed E-state index contributed by atoms with van der Waals surface area (Å²) in [5.41, 5.74) is 0.625. The normalized spacial score (nSPS) is 13.1. The molecule has 0 aliphatic carbocycles. The van der Waals surface area contributed by atoms with E-state index < -0.39 is 5.97 Å². The lowest BCUT2D eigenvalue weighted by Gasteiger charge is -2.30. The van der Waals surface area contributed by atoms with E-state index in [0.29, 0.717) is 4.88 Å². The molecule has 100 valence electrons. The molecule has 1 aromatic heterocycles. The standard InChI is InChI=1S/C13H19NO3S/c1-8-5-6-18-11(8)12(17)14-9(7-10(15)16)13(2,3)4/h5-6,9H,7H2,1-4H3,(H,14,17)(H,15,16). The molecular weight excluding hydrogens is 250 g/mol. The van der Waals surface area contributed by atoms with Crippen LogP contribution in [0.4, 0.5) is 0 Å². The molecule has 2 N–H and O–H groups in total. The van der Waals surface area contributed by atoms with Crippen molar-refractivity contribution in [1.29, 1.82) is 0 Å². The van der Waals surface area contributed by atoms with E-state index in [9.17, 15) is 9.59 Å². The molecule has 0 aliphatic rings. The summed E-state index contributed by atoms with van der Waals surface area (Å²) in [6, 6.07) is 1.49.